The zero-order valence-corrected chi connectivity index (χ0v) is 7.36. The van der Waals surface area contributed by atoms with Crippen molar-refractivity contribution in [1.82, 2.24) is 9.55 Å². The van der Waals surface area contributed by atoms with Crippen molar-refractivity contribution in [2.24, 2.45) is 0 Å². The highest BCUT2D eigenvalue weighted by Crippen LogP contribution is 2.15. The minimum absolute atomic E-state index is 0.361. The zero-order valence-electron chi connectivity index (χ0n) is 7.36. The molecule has 3 nitrogen and oxygen atoms in total. The Labute approximate surface area is 76.2 Å². The first-order chi connectivity index (χ1) is 6.33. The second kappa shape index (κ2) is 2.91. The first kappa shape index (κ1) is 7.81. The number of hydrogen-bond donors (Lipinski definition) is 0. The molecule has 2 aromatic rings. The normalized spacial score (nSPS) is 10.2. The molecule has 0 saturated heterocycles. The minimum Gasteiger partial charge on any atom is -0.317 e. The van der Waals surface area contributed by atoms with Crippen LogP contribution < -0.4 is 0 Å². The van der Waals surface area contributed by atoms with Crippen LogP contribution >= 0.6 is 0 Å². The maximum absolute atomic E-state index is 8.57. The topological polar surface area (TPSA) is 41.6 Å². The van der Waals surface area contributed by atoms with Crippen LogP contribution in [0.5, 0.6) is 0 Å². The van der Waals surface area contributed by atoms with Gasteiger partial charge in [-0.15, -0.1) is 0 Å². The number of rotatable bonds is 1. The molecule has 2 rings (SSSR count). The second-order valence-corrected chi connectivity index (χ2v) is 2.97. The lowest BCUT2D eigenvalue weighted by Crippen LogP contribution is -1.92. The van der Waals surface area contributed by atoms with Gasteiger partial charge in [0.2, 0.25) is 0 Å². The van der Waals surface area contributed by atoms with Crippen LogP contribution in [0.3, 0.4) is 0 Å². The van der Waals surface area contributed by atoms with Crippen molar-refractivity contribution in [3.8, 4) is 6.07 Å². The van der Waals surface area contributed by atoms with E-state index in [9.17, 15) is 0 Å². The maximum atomic E-state index is 8.57. The molecule has 0 aliphatic rings. The number of aromatic nitrogens is 2. The van der Waals surface area contributed by atoms with E-state index in [1.807, 2.05) is 29.7 Å². The lowest BCUT2D eigenvalue weighted by atomic mass is 10.2. The van der Waals surface area contributed by atoms with E-state index in [2.05, 4.69) is 11.1 Å². The van der Waals surface area contributed by atoms with Crippen LogP contribution in [0.1, 0.15) is 5.56 Å². The van der Waals surface area contributed by atoms with Gasteiger partial charge in [-0.05, 0) is 18.6 Å². The Morgan fingerprint density at radius 2 is 2.38 bits per heavy atom. The smallest absolute Gasteiger partial charge is 0.111 e. The largest absolute Gasteiger partial charge is 0.317 e. The fraction of sp³-hybridized carbons (Fsp3) is 0.200. The van der Waals surface area contributed by atoms with Gasteiger partial charge in [0.15, 0.2) is 0 Å². The lowest BCUT2D eigenvalue weighted by Gasteiger charge is -1.97. The Morgan fingerprint density at radius 3 is 3.15 bits per heavy atom. The predicted octanol–water partition coefficient (Wildman–Crippen LogP) is 1.87. The van der Waals surface area contributed by atoms with Crippen LogP contribution in [0.4, 0.5) is 0 Å². The van der Waals surface area contributed by atoms with Gasteiger partial charge in [-0.1, -0.05) is 12.1 Å². The number of nitriles is 1. The highest BCUT2D eigenvalue weighted by Gasteiger charge is 2.02. The summed E-state index contributed by atoms with van der Waals surface area (Å²) >= 11 is 0. The van der Waals surface area contributed by atoms with E-state index in [0.29, 0.717) is 6.54 Å². The summed E-state index contributed by atoms with van der Waals surface area (Å²) in [6.07, 6.45) is 1.71. The summed E-state index contributed by atoms with van der Waals surface area (Å²) < 4.78 is 1.85. The molecular formula is C10H9N3. The molecule has 1 aromatic heterocycles. The first-order valence-electron chi connectivity index (χ1n) is 4.10. The Kier molecular flexibility index (Phi) is 1.75. The number of imidazole rings is 1. The molecule has 64 valence electrons. The zero-order chi connectivity index (χ0) is 9.26. The van der Waals surface area contributed by atoms with E-state index >= 15 is 0 Å². The van der Waals surface area contributed by atoms with Gasteiger partial charge in [-0.25, -0.2) is 4.98 Å². The average molecular weight is 171 g/mol. The molecule has 0 N–H and O–H groups in total. The molecule has 13 heavy (non-hydrogen) atoms. The van der Waals surface area contributed by atoms with Crippen molar-refractivity contribution in [2.45, 2.75) is 13.5 Å². The molecule has 0 amide bonds. The highest BCUT2D eigenvalue weighted by molar-refractivity contribution is 5.78. The Balaban J connectivity index is 2.70. The van der Waals surface area contributed by atoms with Crippen LogP contribution in [0.2, 0.25) is 0 Å². The van der Waals surface area contributed by atoms with Gasteiger partial charge in [0.1, 0.15) is 6.54 Å². The molecule has 0 unspecified atom stereocenters. The number of aryl methyl sites for hydroxylation is 1. The predicted molar refractivity (Wildman–Crippen MR) is 50.1 cm³/mol. The Bertz CT molecular complexity index is 476. The summed E-state index contributed by atoms with van der Waals surface area (Å²) in [4.78, 5) is 4.25. The van der Waals surface area contributed by atoms with Crippen LogP contribution in [0.25, 0.3) is 11.0 Å². The standard InChI is InChI=1S/C10H9N3/c1-8-3-2-4-9-10(8)12-7-13(9)6-5-11/h2-4,7H,6H2,1H3. The fourth-order valence-corrected chi connectivity index (χ4v) is 1.43. The molecule has 0 aliphatic heterocycles. The molecular weight excluding hydrogens is 162 g/mol. The van der Waals surface area contributed by atoms with E-state index in [4.69, 9.17) is 5.26 Å². The third-order valence-corrected chi connectivity index (χ3v) is 2.09. The van der Waals surface area contributed by atoms with Gasteiger partial charge in [-0.2, -0.15) is 5.26 Å². The SMILES string of the molecule is Cc1cccc2c1ncn2CC#N. The van der Waals surface area contributed by atoms with E-state index in [0.717, 1.165) is 16.6 Å². The molecule has 1 heterocycles. The third kappa shape index (κ3) is 1.17. The number of para-hydroxylation sites is 1. The van der Waals surface area contributed by atoms with Crippen LogP contribution in [-0.2, 0) is 6.54 Å². The van der Waals surface area contributed by atoms with E-state index in [1.54, 1.807) is 6.33 Å². The number of hydrogen-bond acceptors (Lipinski definition) is 2. The first-order valence-corrected chi connectivity index (χ1v) is 4.10. The molecule has 0 fully saturated rings. The molecule has 3 heteroatoms. The van der Waals surface area contributed by atoms with E-state index < -0.39 is 0 Å². The van der Waals surface area contributed by atoms with Crippen LogP contribution in [0, 0.1) is 18.3 Å². The quantitative estimate of drug-likeness (QED) is 0.657. The van der Waals surface area contributed by atoms with Crippen molar-refractivity contribution in [3.63, 3.8) is 0 Å². The summed E-state index contributed by atoms with van der Waals surface area (Å²) in [6, 6.07) is 8.08. The summed E-state index contributed by atoms with van der Waals surface area (Å²) in [7, 11) is 0. The molecule has 0 aliphatic carbocycles. The van der Waals surface area contributed by atoms with Gasteiger partial charge in [0.25, 0.3) is 0 Å². The fourth-order valence-electron chi connectivity index (χ4n) is 1.43. The third-order valence-electron chi connectivity index (χ3n) is 2.09. The molecule has 1 aromatic carbocycles. The maximum Gasteiger partial charge on any atom is 0.111 e. The van der Waals surface area contributed by atoms with Crippen molar-refractivity contribution < 1.29 is 0 Å². The van der Waals surface area contributed by atoms with E-state index in [1.165, 1.54) is 0 Å². The van der Waals surface area contributed by atoms with Gasteiger partial charge < -0.3 is 4.57 Å². The molecule has 0 bridgehead atoms. The van der Waals surface area contributed by atoms with Gasteiger partial charge in [-0.3, -0.25) is 0 Å². The minimum atomic E-state index is 0.361. The number of benzene rings is 1. The lowest BCUT2D eigenvalue weighted by molar-refractivity contribution is 0.860. The molecule has 0 saturated carbocycles. The van der Waals surface area contributed by atoms with Crippen molar-refractivity contribution >= 4 is 11.0 Å². The highest BCUT2D eigenvalue weighted by atomic mass is 15.0. The van der Waals surface area contributed by atoms with Gasteiger partial charge >= 0.3 is 0 Å². The summed E-state index contributed by atoms with van der Waals surface area (Å²) in [5.74, 6) is 0. The van der Waals surface area contributed by atoms with Crippen molar-refractivity contribution in [1.29, 1.82) is 5.26 Å². The monoisotopic (exact) mass is 171 g/mol. The van der Waals surface area contributed by atoms with Gasteiger partial charge in [0, 0.05) is 0 Å². The summed E-state index contributed by atoms with van der Waals surface area (Å²) in [5.41, 5.74) is 3.16. The van der Waals surface area contributed by atoms with E-state index in [-0.39, 0.29) is 0 Å². The van der Waals surface area contributed by atoms with Crippen molar-refractivity contribution in [2.75, 3.05) is 0 Å². The van der Waals surface area contributed by atoms with Crippen LogP contribution in [0.15, 0.2) is 24.5 Å². The molecule has 0 spiro atoms. The number of nitrogens with zero attached hydrogens (tertiary/aromatic N) is 3. The summed E-state index contributed by atoms with van der Waals surface area (Å²) in [5, 5.41) is 8.57. The number of fused-ring (bicyclic) bond motifs is 1. The van der Waals surface area contributed by atoms with Gasteiger partial charge in [0.05, 0.1) is 23.4 Å². The Hall–Kier alpha value is -1.82. The Morgan fingerprint density at radius 1 is 1.54 bits per heavy atom. The average Bonchev–Trinajstić information content (AvgIpc) is 2.51. The molecule has 0 radical (unpaired) electrons. The summed E-state index contributed by atoms with van der Waals surface area (Å²) in [6.45, 7) is 2.38. The van der Waals surface area contributed by atoms with Crippen molar-refractivity contribution in [3.05, 3.63) is 30.1 Å². The molecule has 0 atom stereocenters. The second-order valence-electron chi connectivity index (χ2n) is 2.97. The van der Waals surface area contributed by atoms with Crippen LogP contribution in [-0.4, -0.2) is 9.55 Å².